The topological polar surface area (TPSA) is 32.3 Å². The molecule has 1 aromatic carbocycles. The summed E-state index contributed by atoms with van der Waals surface area (Å²) in [6.07, 6.45) is 2.95. The molecule has 2 aliphatic heterocycles. The third kappa shape index (κ3) is 1.93. The van der Waals surface area contributed by atoms with Gasteiger partial charge in [-0.2, -0.15) is 0 Å². The molecule has 1 N–H and O–H groups in total. The predicted octanol–water partition coefficient (Wildman–Crippen LogP) is 1.96. The Morgan fingerprint density at radius 1 is 1.28 bits per heavy atom. The van der Waals surface area contributed by atoms with Crippen LogP contribution in [0.1, 0.15) is 25.3 Å². The van der Waals surface area contributed by atoms with E-state index in [0.717, 1.165) is 38.0 Å². The molecule has 0 aliphatic carbocycles. The minimum atomic E-state index is 0.208. The average Bonchev–Trinajstić information content (AvgIpc) is 2.75. The van der Waals surface area contributed by atoms with Gasteiger partial charge in [-0.25, -0.2) is 0 Å². The fraction of sp³-hybridized carbons (Fsp3) is 0.533. The molecule has 2 aliphatic rings. The highest BCUT2D eigenvalue weighted by molar-refractivity contribution is 5.97. The first kappa shape index (κ1) is 11.7. The van der Waals surface area contributed by atoms with Gasteiger partial charge in [-0.15, -0.1) is 0 Å². The zero-order valence-electron chi connectivity index (χ0n) is 10.9. The molecule has 1 fully saturated rings. The number of anilines is 1. The van der Waals surface area contributed by atoms with Crippen LogP contribution in [0.2, 0.25) is 0 Å². The van der Waals surface area contributed by atoms with E-state index in [2.05, 4.69) is 30.4 Å². The largest absolute Gasteiger partial charge is 0.317 e. The van der Waals surface area contributed by atoms with Crippen LogP contribution in [0.15, 0.2) is 24.3 Å². The number of hydrogen-bond donors (Lipinski definition) is 1. The van der Waals surface area contributed by atoms with Crippen LogP contribution >= 0.6 is 0 Å². The number of piperidine rings is 1. The fourth-order valence-corrected chi connectivity index (χ4v) is 3.17. The van der Waals surface area contributed by atoms with Gasteiger partial charge < -0.3 is 10.2 Å². The van der Waals surface area contributed by atoms with Crippen molar-refractivity contribution in [1.82, 2.24) is 5.32 Å². The molecular formula is C15H20N2O. The Morgan fingerprint density at radius 2 is 2.00 bits per heavy atom. The Hall–Kier alpha value is -1.35. The lowest BCUT2D eigenvalue weighted by molar-refractivity contribution is -0.123. The van der Waals surface area contributed by atoms with Gasteiger partial charge in [0, 0.05) is 17.6 Å². The number of amides is 1. The van der Waals surface area contributed by atoms with E-state index in [1.807, 2.05) is 11.0 Å². The Morgan fingerprint density at radius 3 is 2.78 bits per heavy atom. The van der Waals surface area contributed by atoms with Crippen molar-refractivity contribution in [3.05, 3.63) is 29.8 Å². The van der Waals surface area contributed by atoms with Gasteiger partial charge in [0.15, 0.2) is 0 Å². The van der Waals surface area contributed by atoms with E-state index in [0.29, 0.717) is 11.9 Å². The molecule has 1 atom stereocenters. The van der Waals surface area contributed by atoms with E-state index >= 15 is 0 Å². The summed E-state index contributed by atoms with van der Waals surface area (Å²) in [4.78, 5) is 14.7. The lowest BCUT2D eigenvalue weighted by Crippen LogP contribution is -2.43. The summed E-state index contributed by atoms with van der Waals surface area (Å²) in [6, 6.07) is 8.62. The first-order chi connectivity index (χ1) is 8.77. The Balaban J connectivity index is 1.85. The summed E-state index contributed by atoms with van der Waals surface area (Å²) in [5.74, 6) is 0.536. The molecule has 3 rings (SSSR count). The third-order valence-electron chi connectivity index (χ3n) is 4.13. The van der Waals surface area contributed by atoms with E-state index in [4.69, 9.17) is 0 Å². The number of fused-ring (bicyclic) bond motifs is 1. The summed E-state index contributed by atoms with van der Waals surface area (Å²) in [6.45, 7) is 4.10. The van der Waals surface area contributed by atoms with Crippen LogP contribution in [0.5, 0.6) is 0 Å². The molecular weight excluding hydrogens is 224 g/mol. The molecule has 0 spiro atoms. The highest BCUT2D eigenvalue weighted by atomic mass is 16.2. The van der Waals surface area contributed by atoms with Crippen molar-refractivity contribution in [3.8, 4) is 0 Å². The molecule has 18 heavy (non-hydrogen) atoms. The van der Waals surface area contributed by atoms with E-state index < -0.39 is 0 Å². The number of carbonyl (C=O) groups is 1. The Kier molecular flexibility index (Phi) is 3.08. The standard InChI is InChI=1S/C15H20N2O/c1-11-10-13-4-2-3-5-14(13)17(11)15(18)12-6-8-16-9-7-12/h2-5,11-12,16H,6-10H2,1H3/t11-/m1/s1. The summed E-state index contributed by atoms with van der Waals surface area (Å²) in [5.41, 5.74) is 2.45. The maximum absolute atomic E-state index is 12.7. The average molecular weight is 244 g/mol. The number of para-hydroxylation sites is 1. The molecule has 0 bridgehead atoms. The predicted molar refractivity (Wildman–Crippen MR) is 72.7 cm³/mol. The number of benzene rings is 1. The number of carbonyl (C=O) groups excluding carboxylic acids is 1. The van der Waals surface area contributed by atoms with Gasteiger partial charge >= 0.3 is 0 Å². The number of nitrogens with zero attached hydrogens (tertiary/aromatic N) is 1. The van der Waals surface area contributed by atoms with Gasteiger partial charge in [-0.05, 0) is 50.9 Å². The third-order valence-corrected chi connectivity index (χ3v) is 4.13. The quantitative estimate of drug-likeness (QED) is 0.819. The lowest BCUT2D eigenvalue weighted by Gasteiger charge is -2.30. The molecule has 0 saturated carbocycles. The van der Waals surface area contributed by atoms with Crippen LogP contribution in [0.4, 0.5) is 5.69 Å². The minimum Gasteiger partial charge on any atom is -0.317 e. The molecule has 0 aromatic heterocycles. The molecule has 96 valence electrons. The van der Waals surface area contributed by atoms with E-state index in [-0.39, 0.29) is 5.92 Å². The Bertz CT molecular complexity index is 452. The van der Waals surface area contributed by atoms with Gasteiger partial charge in [-0.1, -0.05) is 18.2 Å². The number of hydrogen-bond acceptors (Lipinski definition) is 2. The second kappa shape index (κ2) is 4.73. The fourth-order valence-electron chi connectivity index (χ4n) is 3.17. The van der Waals surface area contributed by atoms with Crippen molar-refractivity contribution in [2.75, 3.05) is 18.0 Å². The highest BCUT2D eigenvalue weighted by Gasteiger charge is 2.34. The summed E-state index contributed by atoms with van der Waals surface area (Å²) in [7, 11) is 0. The molecule has 3 nitrogen and oxygen atoms in total. The zero-order chi connectivity index (χ0) is 12.5. The molecule has 3 heteroatoms. The summed E-state index contributed by atoms with van der Waals surface area (Å²) in [5, 5.41) is 3.32. The minimum absolute atomic E-state index is 0.208. The van der Waals surface area contributed by atoms with Gasteiger partial charge in [0.2, 0.25) is 5.91 Å². The van der Waals surface area contributed by atoms with Crippen LogP contribution in [-0.4, -0.2) is 25.0 Å². The molecule has 1 aromatic rings. The van der Waals surface area contributed by atoms with Crippen LogP contribution < -0.4 is 10.2 Å². The summed E-state index contributed by atoms with van der Waals surface area (Å²) < 4.78 is 0. The smallest absolute Gasteiger partial charge is 0.230 e. The van der Waals surface area contributed by atoms with Gasteiger partial charge in [0.25, 0.3) is 0 Å². The van der Waals surface area contributed by atoms with Crippen LogP contribution in [-0.2, 0) is 11.2 Å². The maximum Gasteiger partial charge on any atom is 0.230 e. The molecule has 1 saturated heterocycles. The van der Waals surface area contributed by atoms with Crippen LogP contribution in [0.3, 0.4) is 0 Å². The van der Waals surface area contributed by atoms with Crippen molar-refractivity contribution in [2.45, 2.75) is 32.2 Å². The van der Waals surface area contributed by atoms with E-state index in [1.165, 1.54) is 5.56 Å². The highest BCUT2D eigenvalue weighted by Crippen LogP contribution is 2.34. The molecule has 1 amide bonds. The normalized spacial score (nSPS) is 24.1. The van der Waals surface area contributed by atoms with Gasteiger partial charge in [0.1, 0.15) is 0 Å². The Labute approximate surface area is 108 Å². The maximum atomic E-state index is 12.7. The van der Waals surface area contributed by atoms with Crippen molar-refractivity contribution >= 4 is 11.6 Å². The van der Waals surface area contributed by atoms with Gasteiger partial charge in [0.05, 0.1) is 0 Å². The monoisotopic (exact) mass is 244 g/mol. The number of rotatable bonds is 1. The number of nitrogens with one attached hydrogen (secondary N) is 1. The SMILES string of the molecule is C[C@@H]1Cc2ccccc2N1C(=O)C1CCNCC1. The molecule has 2 heterocycles. The van der Waals surface area contributed by atoms with Crippen molar-refractivity contribution in [2.24, 2.45) is 5.92 Å². The van der Waals surface area contributed by atoms with E-state index in [9.17, 15) is 4.79 Å². The first-order valence-corrected chi connectivity index (χ1v) is 6.89. The summed E-state index contributed by atoms with van der Waals surface area (Å²) >= 11 is 0. The first-order valence-electron chi connectivity index (χ1n) is 6.89. The van der Waals surface area contributed by atoms with Crippen LogP contribution in [0, 0.1) is 5.92 Å². The second-order valence-electron chi connectivity index (χ2n) is 5.41. The van der Waals surface area contributed by atoms with Crippen molar-refractivity contribution in [3.63, 3.8) is 0 Å². The van der Waals surface area contributed by atoms with E-state index in [1.54, 1.807) is 0 Å². The molecule has 0 radical (unpaired) electrons. The zero-order valence-corrected chi connectivity index (χ0v) is 10.9. The molecule has 0 unspecified atom stereocenters. The van der Waals surface area contributed by atoms with Crippen molar-refractivity contribution < 1.29 is 4.79 Å². The lowest BCUT2D eigenvalue weighted by atomic mass is 9.96. The second-order valence-corrected chi connectivity index (χ2v) is 5.41. The van der Waals surface area contributed by atoms with Crippen molar-refractivity contribution in [1.29, 1.82) is 0 Å². The van der Waals surface area contributed by atoms with Gasteiger partial charge in [-0.3, -0.25) is 4.79 Å². The van der Waals surface area contributed by atoms with Crippen LogP contribution in [0.25, 0.3) is 0 Å².